The summed E-state index contributed by atoms with van der Waals surface area (Å²) in [6, 6.07) is 31.2. The zero-order chi connectivity index (χ0) is 29.1. The molecule has 0 atom stereocenters. The number of piperidine rings is 1. The van der Waals surface area contributed by atoms with Gasteiger partial charge in [0.25, 0.3) is 0 Å². The summed E-state index contributed by atoms with van der Waals surface area (Å²) in [4.78, 5) is 26.8. The van der Waals surface area contributed by atoms with Crippen LogP contribution in [0.3, 0.4) is 0 Å². The normalized spacial score (nSPS) is 13.8. The molecule has 0 spiro atoms. The van der Waals surface area contributed by atoms with Crippen molar-refractivity contribution in [2.75, 3.05) is 24.6 Å². The minimum atomic E-state index is -0.952. The van der Waals surface area contributed by atoms with Crippen LogP contribution in [-0.2, 0) is 6.42 Å². The number of carbonyl (C=O) groups is 2. The van der Waals surface area contributed by atoms with Gasteiger partial charge in [-0.15, -0.1) is 0 Å². The van der Waals surface area contributed by atoms with E-state index in [0.29, 0.717) is 24.0 Å². The van der Waals surface area contributed by atoms with Crippen molar-refractivity contribution >= 4 is 28.4 Å². The highest BCUT2D eigenvalue weighted by atomic mass is 16.5. The van der Waals surface area contributed by atoms with E-state index in [1.54, 1.807) is 24.3 Å². The van der Waals surface area contributed by atoms with Crippen LogP contribution in [0.5, 0.6) is 5.75 Å². The number of carboxylic acid groups (broad SMARTS) is 1. The lowest BCUT2D eigenvalue weighted by Crippen LogP contribution is -2.35. The van der Waals surface area contributed by atoms with Crippen LogP contribution in [0.4, 0.5) is 5.69 Å². The van der Waals surface area contributed by atoms with Gasteiger partial charge in [-0.1, -0.05) is 54.6 Å². The van der Waals surface area contributed by atoms with Gasteiger partial charge in [0.1, 0.15) is 11.3 Å². The molecule has 5 aromatic rings. The van der Waals surface area contributed by atoms with Crippen LogP contribution in [0.2, 0.25) is 0 Å². The average molecular weight is 560 g/mol. The maximum absolute atomic E-state index is 13.3. The lowest BCUT2D eigenvalue weighted by molar-refractivity contribution is 0.0696. The molecule has 6 rings (SSSR count). The molecule has 0 aliphatic carbocycles. The number of hydrogen-bond acceptors (Lipinski definition) is 5. The summed E-state index contributed by atoms with van der Waals surface area (Å²) in [5.41, 5.74) is 6.18. The van der Waals surface area contributed by atoms with Crippen LogP contribution < -0.4 is 9.64 Å². The number of hydrogen-bond donors (Lipinski definition) is 1. The minimum absolute atomic E-state index is 0.0209. The summed E-state index contributed by atoms with van der Waals surface area (Å²) in [5, 5.41) is 10.1. The van der Waals surface area contributed by atoms with E-state index in [2.05, 4.69) is 35.2 Å². The Hall–Kier alpha value is -4.84. The zero-order valence-electron chi connectivity index (χ0n) is 23.6. The predicted molar refractivity (Wildman–Crippen MR) is 165 cm³/mol. The van der Waals surface area contributed by atoms with Gasteiger partial charge in [0.15, 0.2) is 5.76 Å². The van der Waals surface area contributed by atoms with Crippen molar-refractivity contribution < 1.29 is 23.8 Å². The van der Waals surface area contributed by atoms with Crippen LogP contribution >= 0.6 is 0 Å². The smallest absolute Gasteiger partial charge is 0.335 e. The summed E-state index contributed by atoms with van der Waals surface area (Å²) >= 11 is 0. The molecule has 0 unspecified atom stereocenters. The van der Waals surface area contributed by atoms with Gasteiger partial charge in [-0.3, -0.25) is 4.79 Å². The van der Waals surface area contributed by atoms with Crippen molar-refractivity contribution in [2.24, 2.45) is 5.92 Å². The summed E-state index contributed by atoms with van der Waals surface area (Å²) in [6.07, 6.45) is 2.28. The third-order valence-electron chi connectivity index (χ3n) is 8.14. The monoisotopic (exact) mass is 559 g/mol. The van der Waals surface area contributed by atoms with E-state index in [0.717, 1.165) is 64.8 Å². The summed E-state index contributed by atoms with van der Waals surface area (Å²) in [7, 11) is 0. The average Bonchev–Trinajstić information content (AvgIpc) is 3.37. The van der Waals surface area contributed by atoms with E-state index >= 15 is 0 Å². The second-order valence-electron chi connectivity index (χ2n) is 11.0. The molecule has 42 heavy (non-hydrogen) atoms. The number of aromatic carboxylic acids is 1. The molecule has 6 nitrogen and oxygen atoms in total. The van der Waals surface area contributed by atoms with Gasteiger partial charge < -0.3 is 19.2 Å². The lowest BCUT2D eigenvalue weighted by atomic mass is 9.97. The quantitative estimate of drug-likeness (QED) is 0.185. The third kappa shape index (κ3) is 5.93. The number of furan rings is 1. The lowest BCUT2D eigenvalue weighted by Gasteiger charge is -2.33. The van der Waals surface area contributed by atoms with Gasteiger partial charge in [-0.2, -0.15) is 0 Å². The van der Waals surface area contributed by atoms with Crippen LogP contribution in [0.25, 0.3) is 22.1 Å². The first kappa shape index (κ1) is 27.3. The van der Waals surface area contributed by atoms with Crippen molar-refractivity contribution in [3.8, 4) is 16.9 Å². The van der Waals surface area contributed by atoms with Gasteiger partial charge in [0.2, 0.25) is 5.78 Å². The van der Waals surface area contributed by atoms with Crippen molar-refractivity contribution in [1.29, 1.82) is 0 Å². The van der Waals surface area contributed by atoms with Crippen molar-refractivity contribution in [3.63, 3.8) is 0 Å². The number of nitrogens with zero attached hydrogens (tertiary/aromatic N) is 1. The van der Waals surface area contributed by atoms with E-state index in [1.165, 1.54) is 0 Å². The molecule has 4 aromatic carbocycles. The Bertz CT molecular complexity index is 1710. The molecule has 1 saturated heterocycles. The molecule has 6 heteroatoms. The minimum Gasteiger partial charge on any atom is -0.493 e. The molecule has 0 radical (unpaired) electrons. The molecule has 0 saturated carbocycles. The van der Waals surface area contributed by atoms with Gasteiger partial charge in [-0.05, 0) is 84.8 Å². The Morgan fingerprint density at radius 1 is 0.881 bits per heavy atom. The van der Waals surface area contributed by atoms with Crippen molar-refractivity contribution in [1.82, 2.24) is 0 Å². The number of Topliss-reactive ketones (excluding diaryl/α,β-unsaturated/α-hetero) is 1. The van der Waals surface area contributed by atoms with E-state index in [9.17, 15) is 14.7 Å². The highest BCUT2D eigenvalue weighted by Crippen LogP contribution is 2.31. The zero-order valence-corrected chi connectivity index (χ0v) is 23.6. The van der Waals surface area contributed by atoms with E-state index in [4.69, 9.17) is 9.15 Å². The first-order valence-corrected chi connectivity index (χ1v) is 14.4. The van der Waals surface area contributed by atoms with Crippen LogP contribution in [0.1, 0.15) is 44.9 Å². The highest BCUT2D eigenvalue weighted by Gasteiger charge is 2.22. The topological polar surface area (TPSA) is 80.0 Å². The van der Waals surface area contributed by atoms with E-state index < -0.39 is 5.97 Å². The molecule has 1 aliphatic rings. The van der Waals surface area contributed by atoms with Crippen LogP contribution in [-0.4, -0.2) is 36.6 Å². The Morgan fingerprint density at radius 3 is 2.38 bits per heavy atom. The number of ketones is 1. The summed E-state index contributed by atoms with van der Waals surface area (Å²) in [6.45, 7) is 4.38. The maximum Gasteiger partial charge on any atom is 0.335 e. The summed E-state index contributed by atoms with van der Waals surface area (Å²) in [5.74, 6) is 0.469. The number of ether oxygens (including phenoxy) is 1. The van der Waals surface area contributed by atoms with Crippen LogP contribution in [0, 0.1) is 12.8 Å². The fourth-order valence-electron chi connectivity index (χ4n) is 5.68. The fraction of sp³-hybridized carbons (Fsp3) is 0.222. The first-order valence-electron chi connectivity index (χ1n) is 14.4. The number of carboxylic acids is 1. The number of carbonyl (C=O) groups excluding carboxylic acids is 1. The van der Waals surface area contributed by atoms with E-state index in [-0.39, 0.29) is 17.8 Å². The Kier molecular flexibility index (Phi) is 7.78. The standard InChI is InChI=1S/C36H33NO5/c1-24-32-22-28(27-6-3-2-4-7-27)12-15-34(32)42-35(24)33(38)20-25-10-13-30(14-11-25)37-18-16-26(17-19-37)23-41-31-9-5-8-29(21-31)36(39)40/h2-15,21-22,26H,16-20,23H2,1H3,(H,39,40). The first-order chi connectivity index (χ1) is 20.4. The molecular weight excluding hydrogens is 526 g/mol. The number of aryl methyl sites for hydroxylation is 1. The molecule has 1 fully saturated rings. The highest BCUT2D eigenvalue weighted by molar-refractivity contribution is 6.02. The predicted octanol–water partition coefficient (Wildman–Crippen LogP) is 7.83. The Labute approximate surface area is 245 Å². The van der Waals surface area contributed by atoms with Gasteiger partial charge in [-0.25, -0.2) is 4.79 Å². The Balaban J connectivity index is 1.04. The van der Waals surface area contributed by atoms with Crippen molar-refractivity contribution in [3.05, 3.63) is 120 Å². The largest absolute Gasteiger partial charge is 0.493 e. The second-order valence-corrected chi connectivity index (χ2v) is 11.0. The molecule has 0 amide bonds. The van der Waals surface area contributed by atoms with E-state index in [1.807, 2.05) is 49.4 Å². The molecule has 1 aromatic heterocycles. The molecule has 1 N–H and O–H groups in total. The number of anilines is 1. The van der Waals surface area contributed by atoms with Gasteiger partial charge >= 0.3 is 5.97 Å². The van der Waals surface area contributed by atoms with Crippen molar-refractivity contribution in [2.45, 2.75) is 26.2 Å². The number of fused-ring (bicyclic) bond motifs is 1. The fourth-order valence-corrected chi connectivity index (χ4v) is 5.68. The SMILES string of the molecule is Cc1c(C(=O)Cc2ccc(N3CCC(COc4cccc(C(=O)O)c4)CC3)cc2)oc2ccc(-c3ccccc3)cc12. The molecule has 2 heterocycles. The molecule has 0 bridgehead atoms. The summed E-state index contributed by atoms with van der Waals surface area (Å²) < 4.78 is 11.9. The number of rotatable bonds is 9. The maximum atomic E-state index is 13.3. The van der Waals surface area contributed by atoms with Crippen LogP contribution in [0.15, 0.2) is 101 Å². The molecule has 1 aliphatic heterocycles. The van der Waals surface area contributed by atoms with Gasteiger partial charge in [0.05, 0.1) is 12.2 Å². The van der Waals surface area contributed by atoms with Gasteiger partial charge in [0, 0.05) is 36.1 Å². The third-order valence-corrected chi connectivity index (χ3v) is 8.14. The molecule has 212 valence electrons. The second kappa shape index (κ2) is 12.0. The molecular formula is C36H33NO5. The number of benzene rings is 4. The Morgan fingerprint density at radius 2 is 1.64 bits per heavy atom.